The lowest BCUT2D eigenvalue weighted by Crippen LogP contribution is -2.35. The van der Waals surface area contributed by atoms with Gasteiger partial charge in [0.15, 0.2) is 5.78 Å². The Hall–Kier alpha value is -2.03. The molecule has 25 heavy (non-hydrogen) atoms. The van der Waals surface area contributed by atoms with Gasteiger partial charge in [-0.15, -0.1) is 0 Å². The largest absolute Gasteiger partial charge is 0.325 e. The van der Waals surface area contributed by atoms with Crippen LogP contribution in [0.4, 0.5) is 5.69 Å². The highest BCUT2D eigenvalue weighted by Gasteiger charge is 2.22. The summed E-state index contributed by atoms with van der Waals surface area (Å²) in [6, 6.07) is 12.6. The summed E-state index contributed by atoms with van der Waals surface area (Å²) in [4.78, 5) is 23.6. The second-order valence-electron chi connectivity index (χ2n) is 5.40. The van der Waals surface area contributed by atoms with Gasteiger partial charge < -0.3 is 5.32 Å². The molecule has 2 aromatic rings. The van der Waals surface area contributed by atoms with Crippen molar-refractivity contribution in [3.63, 3.8) is 0 Å². The average molecular weight is 425 g/mol. The number of benzene rings is 2. The minimum atomic E-state index is -3.77. The maximum Gasteiger partial charge on any atom is 0.243 e. The van der Waals surface area contributed by atoms with Gasteiger partial charge in [0, 0.05) is 22.8 Å². The molecule has 0 aromatic heterocycles. The van der Waals surface area contributed by atoms with E-state index in [1.165, 1.54) is 26.1 Å². The van der Waals surface area contributed by atoms with Crippen LogP contribution in [0.25, 0.3) is 0 Å². The van der Waals surface area contributed by atoms with E-state index >= 15 is 0 Å². The summed E-state index contributed by atoms with van der Waals surface area (Å²) in [5.41, 5.74) is 0.903. The lowest BCUT2D eigenvalue weighted by Gasteiger charge is -2.17. The van der Waals surface area contributed by atoms with Crippen LogP contribution < -0.4 is 5.32 Å². The summed E-state index contributed by atoms with van der Waals surface area (Å²) in [5, 5.41) is 2.60. The van der Waals surface area contributed by atoms with E-state index in [1.807, 2.05) is 0 Å². The van der Waals surface area contributed by atoms with E-state index in [0.717, 1.165) is 8.78 Å². The van der Waals surface area contributed by atoms with E-state index in [4.69, 9.17) is 0 Å². The van der Waals surface area contributed by atoms with Crippen molar-refractivity contribution in [1.29, 1.82) is 0 Å². The Morgan fingerprint density at radius 2 is 1.76 bits per heavy atom. The smallest absolute Gasteiger partial charge is 0.243 e. The van der Waals surface area contributed by atoms with Crippen molar-refractivity contribution in [2.45, 2.75) is 11.8 Å². The first-order valence-electron chi connectivity index (χ1n) is 7.33. The topological polar surface area (TPSA) is 83.6 Å². The third kappa shape index (κ3) is 4.97. The van der Waals surface area contributed by atoms with Gasteiger partial charge >= 0.3 is 0 Å². The SMILES string of the molecule is CC(=O)c1cccc(NC(=O)CN(C)S(=O)(=O)c2ccc(Br)cc2)c1. The predicted octanol–water partition coefficient (Wildman–Crippen LogP) is 2.91. The number of likely N-dealkylation sites (N-methyl/N-ethyl adjacent to an activating group) is 1. The van der Waals surface area contributed by atoms with Gasteiger partial charge in [0.1, 0.15) is 0 Å². The second kappa shape index (κ2) is 7.90. The van der Waals surface area contributed by atoms with Crippen LogP contribution in [-0.2, 0) is 14.8 Å². The number of nitrogens with zero attached hydrogens (tertiary/aromatic N) is 1. The first-order chi connectivity index (χ1) is 11.7. The van der Waals surface area contributed by atoms with Gasteiger partial charge in [0.2, 0.25) is 15.9 Å². The van der Waals surface area contributed by atoms with Crippen LogP contribution in [0, 0.1) is 0 Å². The quantitative estimate of drug-likeness (QED) is 0.722. The summed E-state index contributed by atoms with van der Waals surface area (Å²) in [5.74, 6) is -0.616. The Labute approximate surface area is 155 Å². The Morgan fingerprint density at radius 3 is 2.36 bits per heavy atom. The molecular formula is C17H17BrN2O4S. The molecular weight excluding hydrogens is 408 g/mol. The van der Waals surface area contributed by atoms with Crippen LogP contribution in [0.1, 0.15) is 17.3 Å². The van der Waals surface area contributed by atoms with Crippen LogP contribution >= 0.6 is 15.9 Å². The molecule has 0 saturated heterocycles. The number of sulfonamides is 1. The number of hydrogen-bond donors (Lipinski definition) is 1. The van der Waals surface area contributed by atoms with Crippen molar-refractivity contribution < 1.29 is 18.0 Å². The Bertz CT molecular complexity index is 895. The van der Waals surface area contributed by atoms with Gasteiger partial charge in [-0.1, -0.05) is 28.1 Å². The van der Waals surface area contributed by atoms with Gasteiger partial charge in [-0.2, -0.15) is 4.31 Å². The van der Waals surface area contributed by atoms with Crippen molar-refractivity contribution >= 4 is 43.3 Å². The highest BCUT2D eigenvalue weighted by atomic mass is 79.9. The number of hydrogen-bond acceptors (Lipinski definition) is 4. The number of nitrogens with one attached hydrogen (secondary N) is 1. The zero-order chi connectivity index (χ0) is 18.6. The highest BCUT2D eigenvalue weighted by Crippen LogP contribution is 2.18. The zero-order valence-corrected chi connectivity index (χ0v) is 16.1. The molecule has 0 fully saturated rings. The number of carbonyl (C=O) groups is 2. The van der Waals surface area contributed by atoms with Gasteiger partial charge in [0.05, 0.1) is 11.4 Å². The molecule has 0 radical (unpaired) electrons. The number of anilines is 1. The molecule has 1 amide bonds. The number of amides is 1. The van der Waals surface area contributed by atoms with E-state index in [-0.39, 0.29) is 17.2 Å². The van der Waals surface area contributed by atoms with Crippen LogP contribution in [0.15, 0.2) is 57.9 Å². The van der Waals surface area contributed by atoms with Crippen LogP contribution in [-0.4, -0.2) is 38.0 Å². The molecule has 2 aromatic carbocycles. The molecule has 0 saturated carbocycles. The van der Waals surface area contributed by atoms with Crippen molar-refractivity contribution in [3.8, 4) is 0 Å². The maximum absolute atomic E-state index is 12.5. The molecule has 6 nitrogen and oxygen atoms in total. The van der Waals surface area contributed by atoms with Gasteiger partial charge in [-0.3, -0.25) is 9.59 Å². The fourth-order valence-electron chi connectivity index (χ4n) is 2.09. The van der Waals surface area contributed by atoms with Crippen molar-refractivity contribution in [3.05, 3.63) is 58.6 Å². The minimum Gasteiger partial charge on any atom is -0.325 e. The lowest BCUT2D eigenvalue weighted by molar-refractivity contribution is -0.116. The number of ketones is 1. The van der Waals surface area contributed by atoms with E-state index in [1.54, 1.807) is 36.4 Å². The normalized spacial score (nSPS) is 11.4. The molecule has 0 heterocycles. The van der Waals surface area contributed by atoms with Crippen LogP contribution in [0.2, 0.25) is 0 Å². The number of carbonyl (C=O) groups excluding carboxylic acids is 2. The average Bonchev–Trinajstić information content (AvgIpc) is 2.55. The van der Waals surface area contributed by atoms with Gasteiger partial charge in [0.25, 0.3) is 0 Å². The van der Waals surface area contributed by atoms with Crippen molar-refractivity contribution in [1.82, 2.24) is 4.31 Å². The van der Waals surface area contributed by atoms with E-state index in [2.05, 4.69) is 21.2 Å². The third-order valence-electron chi connectivity index (χ3n) is 3.44. The molecule has 0 aliphatic rings. The Kier molecular flexibility index (Phi) is 6.10. The zero-order valence-electron chi connectivity index (χ0n) is 13.7. The van der Waals surface area contributed by atoms with Crippen LogP contribution in [0.3, 0.4) is 0 Å². The first kappa shape index (κ1) is 19.3. The molecule has 0 spiro atoms. The van der Waals surface area contributed by atoms with Gasteiger partial charge in [-0.25, -0.2) is 8.42 Å². The number of halogens is 1. The fourth-order valence-corrected chi connectivity index (χ4v) is 3.48. The fraction of sp³-hybridized carbons (Fsp3) is 0.176. The van der Waals surface area contributed by atoms with E-state index < -0.39 is 15.9 Å². The highest BCUT2D eigenvalue weighted by molar-refractivity contribution is 9.10. The predicted molar refractivity (Wildman–Crippen MR) is 99.0 cm³/mol. The Balaban J connectivity index is 2.08. The minimum absolute atomic E-state index is 0.101. The maximum atomic E-state index is 12.5. The summed E-state index contributed by atoms with van der Waals surface area (Å²) in [6.45, 7) is 1.09. The molecule has 132 valence electrons. The van der Waals surface area contributed by atoms with Crippen molar-refractivity contribution in [2.24, 2.45) is 0 Å². The number of rotatable bonds is 6. The standard InChI is InChI=1S/C17H17BrN2O4S/c1-12(21)13-4-3-5-15(10-13)19-17(22)11-20(2)25(23,24)16-8-6-14(18)7-9-16/h3-10H,11H2,1-2H3,(H,19,22). The molecule has 0 bridgehead atoms. The van der Waals surface area contributed by atoms with Crippen molar-refractivity contribution in [2.75, 3.05) is 18.9 Å². The molecule has 0 aliphatic heterocycles. The summed E-state index contributed by atoms with van der Waals surface area (Å²) in [6.07, 6.45) is 0. The monoisotopic (exact) mass is 424 g/mol. The summed E-state index contributed by atoms with van der Waals surface area (Å²) < 4.78 is 26.7. The first-order valence-corrected chi connectivity index (χ1v) is 9.56. The molecule has 0 unspecified atom stereocenters. The molecule has 0 atom stereocenters. The third-order valence-corrected chi connectivity index (χ3v) is 5.79. The van der Waals surface area contributed by atoms with E-state index in [0.29, 0.717) is 11.3 Å². The number of Topliss-reactive ketones (excluding diaryl/α,β-unsaturated/α-hetero) is 1. The summed E-state index contributed by atoms with van der Waals surface area (Å²) >= 11 is 3.25. The molecule has 0 aliphatic carbocycles. The second-order valence-corrected chi connectivity index (χ2v) is 8.36. The molecule has 1 N–H and O–H groups in total. The van der Waals surface area contributed by atoms with Crippen LogP contribution in [0.5, 0.6) is 0 Å². The summed E-state index contributed by atoms with van der Waals surface area (Å²) in [7, 11) is -2.43. The lowest BCUT2D eigenvalue weighted by atomic mass is 10.1. The van der Waals surface area contributed by atoms with Gasteiger partial charge in [-0.05, 0) is 43.3 Å². The molecule has 2 rings (SSSR count). The molecule has 8 heteroatoms. The Morgan fingerprint density at radius 1 is 1.12 bits per heavy atom. The van der Waals surface area contributed by atoms with E-state index in [9.17, 15) is 18.0 Å².